The van der Waals surface area contributed by atoms with E-state index in [4.69, 9.17) is 14.0 Å². The van der Waals surface area contributed by atoms with Crippen molar-refractivity contribution in [1.82, 2.24) is 15.0 Å². The molecule has 24 heavy (non-hydrogen) atoms. The molecule has 2 amide bonds. The van der Waals surface area contributed by atoms with Crippen molar-refractivity contribution in [3.63, 3.8) is 0 Å². The molecule has 130 valence electrons. The van der Waals surface area contributed by atoms with Crippen molar-refractivity contribution in [1.29, 1.82) is 0 Å². The topological polar surface area (TPSA) is 85.1 Å². The minimum absolute atomic E-state index is 0.0184. The minimum atomic E-state index is -0.672. The Morgan fingerprint density at radius 3 is 3.00 bits per heavy atom. The maximum Gasteiger partial charge on any atom is 0.292 e. The highest BCUT2D eigenvalue weighted by atomic mass is 16.6. The summed E-state index contributed by atoms with van der Waals surface area (Å²) in [5.41, 5.74) is -0.672. The average Bonchev–Trinajstić information content (AvgIpc) is 3.27. The number of hydrogen-bond acceptors (Lipinski definition) is 6. The lowest BCUT2D eigenvalue weighted by Gasteiger charge is -2.43. The van der Waals surface area contributed by atoms with E-state index >= 15 is 0 Å². The van der Waals surface area contributed by atoms with E-state index in [0.29, 0.717) is 38.8 Å². The van der Waals surface area contributed by atoms with Crippen LogP contribution in [0.2, 0.25) is 0 Å². The summed E-state index contributed by atoms with van der Waals surface area (Å²) in [7, 11) is 0. The molecular weight excluding hydrogens is 314 g/mol. The van der Waals surface area contributed by atoms with Crippen molar-refractivity contribution in [3.8, 4) is 0 Å². The van der Waals surface area contributed by atoms with Gasteiger partial charge in [0.05, 0.1) is 32.5 Å². The molecular formula is C16H21N3O5. The smallest absolute Gasteiger partial charge is 0.292 e. The van der Waals surface area contributed by atoms with E-state index < -0.39 is 5.60 Å². The molecule has 2 saturated heterocycles. The number of ether oxygens (including phenoxy) is 2. The van der Waals surface area contributed by atoms with E-state index in [1.165, 1.54) is 19.0 Å². The van der Waals surface area contributed by atoms with Crippen LogP contribution in [-0.2, 0) is 14.3 Å². The lowest BCUT2D eigenvalue weighted by atomic mass is 10.0. The SMILES string of the molecule is O=C1COC2(COCCN(C(=O)c3ccno3)C2)CN1CC1CC1. The first-order valence-corrected chi connectivity index (χ1v) is 8.35. The van der Waals surface area contributed by atoms with Gasteiger partial charge in [0, 0.05) is 19.2 Å². The molecule has 1 spiro atoms. The van der Waals surface area contributed by atoms with Gasteiger partial charge < -0.3 is 23.8 Å². The van der Waals surface area contributed by atoms with E-state index in [0.717, 1.165) is 6.54 Å². The summed E-state index contributed by atoms with van der Waals surface area (Å²) < 4.78 is 16.5. The van der Waals surface area contributed by atoms with Gasteiger partial charge in [-0.05, 0) is 18.8 Å². The molecule has 4 rings (SSSR count). The quantitative estimate of drug-likeness (QED) is 0.782. The van der Waals surface area contributed by atoms with Crippen LogP contribution in [0.25, 0.3) is 0 Å². The monoisotopic (exact) mass is 335 g/mol. The van der Waals surface area contributed by atoms with Gasteiger partial charge in [-0.3, -0.25) is 9.59 Å². The van der Waals surface area contributed by atoms with E-state index in [9.17, 15) is 9.59 Å². The van der Waals surface area contributed by atoms with Crippen molar-refractivity contribution >= 4 is 11.8 Å². The fourth-order valence-electron chi connectivity index (χ4n) is 3.31. The average molecular weight is 335 g/mol. The third kappa shape index (κ3) is 3.16. The van der Waals surface area contributed by atoms with Gasteiger partial charge in [0.25, 0.3) is 5.91 Å². The number of rotatable bonds is 3. The lowest BCUT2D eigenvalue weighted by molar-refractivity contribution is -0.172. The second kappa shape index (κ2) is 6.18. The van der Waals surface area contributed by atoms with Crippen molar-refractivity contribution < 1.29 is 23.6 Å². The third-order valence-corrected chi connectivity index (χ3v) is 4.79. The molecule has 1 saturated carbocycles. The molecule has 8 nitrogen and oxygen atoms in total. The summed E-state index contributed by atoms with van der Waals surface area (Å²) in [5, 5.41) is 3.59. The van der Waals surface area contributed by atoms with Gasteiger partial charge in [-0.15, -0.1) is 0 Å². The standard InChI is InChI=1S/C16H21N3O5/c20-14-8-23-16(10-19(14)7-12-1-2-12)9-18(5-6-22-11-16)15(21)13-3-4-17-24-13/h3-4,12H,1-2,5-11H2. The van der Waals surface area contributed by atoms with Crippen molar-refractivity contribution in [3.05, 3.63) is 18.0 Å². The number of carbonyl (C=O) groups excluding carboxylic acids is 2. The Morgan fingerprint density at radius 2 is 2.25 bits per heavy atom. The molecule has 3 fully saturated rings. The van der Waals surface area contributed by atoms with Gasteiger partial charge in [0.15, 0.2) is 0 Å². The second-order valence-corrected chi connectivity index (χ2v) is 6.85. The number of hydrogen-bond donors (Lipinski definition) is 0. The zero-order chi connectivity index (χ0) is 16.6. The van der Waals surface area contributed by atoms with Crippen LogP contribution in [0.5, 0.6) is 0 Å². The fourth-order valence-corrected chi connectivity index (χ4v) is 3.31. The van der Waals surface area contributed by atoms with Crippen LogP contribution in [0, 0.1) is 5.92 Å². The Morgan fingerprint density at radius 1 is 1.38 bits per heavy atom. The number of carbonyl (C=O) groups is 2. The van der Waals surface area contributed by atoms with E-state index in [1.54, 1.807) is 11.0 Å². The highest BCUT2D eigenvalue weighted by molar-refractivity contribution is 5.91. The van der Waals surface area contributed by atoms with Crippen LogP contribution in [0.3, 0.4) is 0 Å². The number of aromatic nitrogens is 1. The summed E-state index contributed by atoms with van der Waals surface area (Å²) in [5.74, 6) is 0.605. The number of nitrogens with zero attached hydrogens (tertiary/aromatic N) is 3. The molecule has 2 aliphatic heterocycles. The first-order chi connectivity index (χ1) is 11.7. The van der Waals surface area contributed by atoms with Crippen molar-refractivity contribution in [2.24, 2.45) is 5.92 Å². The first-order valence-electron chi connectivity index (χ1n) is 8.35. The highest BCUT2D eigenvalue weighted by Gasteiger charge is 2.45. The lowest BCUT2D eigenvalue weighted by Crippen LogP contribution is -2.61. The molecule has 0 aromatic carbocycles. The van der Waals surface area contributed by atoms with Crippen LogP contribution >= 0.6 is 0 Å². The molecule has 1 aromatic rings. The maximum atomic E-state index is 12.6. The number of morpholine rings is 1. The molecule has 1 unspecified atom stereocenters. The summed E-state index contributed by atoms with van der Waals surface area (Å²) in [6.45, 7) is 2.92. The highest BCUT2D eigenvalue weighted by Crippen LogP contribution is 2.32. The molecule has 1 aliphatic carbocycles. The predicted octanol–water partition coefficient (Wildman–Crippen LogP) is 0.155. The summed E-state index contributed by atoms with van der Waals surface area (Å²) >= 11 is 0. The molecule has 3 aliphatic rings. The van der Waals surface area contributed by atoms with Gasteiger partial charge >= 0.3 is 0 Å². The van der Waals surface area contributed by atoms with E-state index in [1.807, 2.05) is 4.90 Å². The van der Waals surface area contributed by atoms with Gasteiger partial charge in [-0.25, -0.2) is 0 Å². The Hall–Kier alpha value is -1.93. The third-order valence-electron chi connectivity index (χ3n) is 4.79. The molecule has 8 heteroatoms. The van der Waals surface area contributed by atoms with Gasteiger partial charge in [-0.1, -0.05) is 5.16 Å². The minimum Gasteiger partial charge on any atom is -0.376 e. The Bertz CT molecular complexity index is 615. The molecule has 0 bridgehead atoms. The van der Waals surface area contributed by atoms with Gasteiger partial charge in [0.2, 0.25) is 11.7 Å². The van der Waals surface area contributed by atoms with Crippen molar-refractivity contribution in [2.75, 3.05) is 46.0 Å². The van der Waals surface area contributed by atoms with Crippen LogP contribution in [0.1, 0.15) is 23.4 Å². The normalized spacial score (nSPS) is 28.2. The van der Waals surface area contributed by atoms with Crippen LogP contribution < -0.4 is 0 Å². The maximum absolute atomic E-state index is 12.6. The Balaban J connectivity index is 1.50. The first kappa shape index (κ1) is 15.6. The molecule has 1 atom stereocenters. The largest absolute Gasteiger partial charge is 0.376 e. The van der Waals surface area contributed by atoms with Gasteiger partial charge in [-0.2, -0.15) is 0 Å². The molecule has 1 aromatic heterocycles. The summed E-state index contributed by atoms with van der Waals surface area (Å²) in [6.07, 6.45) is 3.82. The van der Waals surface area contributed by atoms with Crippen molar-refractivity contribution in [2.45, 2.75) is 18.4 Å². The number of amides is 2. The Kier molecular flexibility index (Phi) is 4.01. The Labute approximate surface area is 139 Å². The van der Waals surface area contributed by atoms with Crippen LogP contribution in [0.4, 0.5) is 0 Å². The second-order valence-electron chi connectivity index (χ2n) is 6.85. The van der Waals surface area contributed by atoms with Crippen LogP contribution in [0.15, 0.2) is 16.8 Å². The predicted molar refractivity (Wildman–Crippen MR) is 81.2 cm³/mol. The molecule has 3 heterocycles. The zero-order valence-electron chi connectivity index (χ0n) is 13.5. The van der Waals surface area contributed by atoms with E-state index in [2.05, 4.69) is 5.16 Å². The molecule has 0 radical (unpaired) electrons. The fraction of sp³-hybridized carbons (Fsp3) is 0.688. The summed E-state index contributed by atoms with van der Waals surface area (Å²) in [4.78, 5) is 28.2. The molecule has 0 N–H and O–H groups in total. The zero-order valence-corrected chi connectivity index (χ0v) is 13.5. The van der Waals surface area contributed by atoms with E-state index in [-0.39, 0.29) is 24.2 Å². The van der Waals surface area contributed by atoms with Crippen LogP contribution in [-0.4, -0.2) is 78.4 Å². The van der Waals surface area contributed by atoms with Gasteiger partial charge in [0.1, 0.15) is 12.2 Å². The summed E-state index contributed by atoms with van der Waals surface area (Å²) in [6, 6.07) is 1.55.